The minimum Gasteiger partial charge on any atom is -0.353 e. The highest BCUT2D eigenvalue weighted by molar-refractivity contribution is 7.89. The summed E-state index contributed by atoms with van der Waals surface area (Å²) in [4.78, 5) is 12.7. The van der Waals surface area contributed by atoms with E-state index in [0.717, 1.165) is 32.1 Å². The second-order valence-electron chi connectivity index (χ2n) is 6.65. The van der Waals surface area contributed by atoms with Gasteiger partial charge in [0.05, 0.1) is 10.8 Å². The number of carbonyl (C=O) groups is 1. The molecule has 1 heterocycles. The van der Waals surface area contributed by atoms with Crippen molar-refractivity contribution in [3.8, 4) is 0 Å². The number of benzene rings is 1. The molecule has 0 aromatic heterocycles. The van der Waals surface area contributed by atoms with Crippen LogP contribution in [-0.4, -0.2) is 37.8 Å². The molecule has 0 spiro atoms. The molecule has 1 aromatic rings. The Labute approximate surface area is 148 Å². The van der Waals surface area contributed by atoms with Gasteiger partial charge in [0.1, 0.15) is 0 Å². The van der Waals surface area contributed by atoms with Gasteiger partial charge in [0, 0.05) is 24.2 Å². The summed E-state index contributed by atoms with van der Waals surface area (Å²) in [5, 5.41) is 3.48. The highest BCUT2D eigenvalue weighted by atomic mass is 35.5. The lowest BCUT2D eigenvalue weighted by molar-refractivity contribution is -0.126. The number of hydrogen-bond donors (Lipinski definition) is 1. The fourth-order valence-electron chi connectivity index (χ4n) is 3.54. The van der Waals surface area contributed by atoms with E-state index < -0.39 is 10.0 Å². The summed E-state index contributed by atoms with van der Waals surface area (Å²) in [6, 6.07) is 6.54. The van der Waals surface area contributed by atoms with E-state index in [1.807, 2.05) is 0 Å². The zero-order valence-electron chi connectivity index (χ0n) is 13.6. The minimum atomic E-state index is -3.61. The van der Waals surface area contributed by atoms with Crippen molar-refractivity contribution in [3.05, 3.63) is 29.3 Å². The number of halogens is 1. The molecule has 2 fully saturated rings. The summed E-state index contributed by atoms with van der Waals surface area (Å²) in [5.41, 5.74) is 0. The Hall–Kier alpha value is -1.11. The summed E-state index contributed by atoms with van der Waals surface area (Å²) >= 11 is 5.92. The van der Waals surface area contributed by atoms with Crippen LogP contribution in [0, 0.1) is 5.92 Å². The molecule has 1 atom stereocenters. The van der Waals surface area contributed by atoms with E-state index in [1.165, 1.54) is 10.4 Å². The Morgan fingerprint density at radius 3 is 2.62 bits per heavy atom. The van der Waals surface area contributed by atoms with Crippen LogP contribution in [-0.2, 0) is 14.8 Å². The molecule has 1 aliphatic heterocycles. The highest BCUT2D eigenvalue weighted by Crippen LogP contribution is 2.26. The normalized spacial score (nSPS) is 23.3. The van der Waals surface area contributed by atoms with Gasteiger partial charge < -0.3 is 5.32 Å². The van der Waals surface area contributed by atoms with Gasteiger partial charge in [-0.2, -0.15) is 4.31 Å². The zero-order valence-corrected chi connectivity index (χ0v) is 15.2. The molecule has 1 aromatic carbocycles. The summed E-state index contributed by atoms with van der Waals surface area (Å²) < 4.78 is 27.0. The molecule has 2 aliphatic rings. The quantitative estimate of drug-likeness (QED) is 0.886. The second kappa shape index (κ2) is 7.42. The van der Waals surface area contributed by atoms with E-state index in [4.69, 9.17) is 11.6 Å². The number of nitrogens with zero attached hydrogens (tertiary/aromatic N) is 1. The average Bonchev–Trinajstić information content (AvgIpc) is 3.08. The first-order valence-corrected chi connectivity index (χ1v) is 10.3. The molecule has 24 heavy (non-hydrogen) atoms. The van der Waals surface area contributed by atoms with Gasteiger partial charge in [0.25, 0.3) is 0 Å². The molecular weight excluding hydrogens is 348 g/mol. The SMILES string of the molecule is O=C(NC1CCCC1)[C@H]1CCCN(S(=O)(=O)c2cccc(Cl)c2)C1. The first-order chi connectivity index (χ1) is 11.5. The van der Waals surface area contributed by atoms with Crippen LogP contribution in [0.5, 0.6) is 0 Å². The largest absolute Gasteiger partial charge is 0.353 e. The molecule has 3 rings (SSSR count). The first-order valence-electron chi connectivity index (χ1n) is 8.53. The van der Waals surface area contributed by atoms with E-state index in [-0.39, 0.29) is 29.3 Å². The van der Waals surface area contributed by atoms with E-state index in [1.54, 1.807) is 18.2 Å². The molecule has 1 saturated carbocycles. The summed E-state index contributed by atoms with van der Waals surface area (Å²) in [7, 11) is -3.61. The predicted molar refractivity (Wildman–Crippen MR) is 93.3 cm³/mol. The molecule has 1 amide bonds. The van der Waals surface area contributed by atoms with E-state index in [0.29, 0.717) is 18.0 Å². The van der Waals surface area contributed by atoms with Gasteiger partial charge in [0.2, 0.25) is 15.9 Å². The molecule has 5 nitrogen and oxygen atoms in total. The van der Waals surface area contributed by atoms with Gasteiger partial charge in [-0.3, -0.25) is 4.79 Å². The third kappa shape index (κ3) is 3.92. The standard InChI is InChI=1S/C17H23ClN2O3S/c18-14-6-3-9-16(11-14)24(22,23)20-10-4-5-13(12-20)17(21)19-15-7-1-2-8-15/h3,6,9,11,13,15H,1-2,4-5,7-8,10,12H2,(H,19,21)/t13-/m0/s1. The fraction of sp³-hybridized carbons (Fsp3) is 0.588. The van der Waals surface area contributed by atoms with Crippen molar-refractivity contribution in [1.82, 2.24) is 9.62 Å². The molecule has 0 radical (unpaired) electrons. The maximum absolute atomic E-state index is 12.8. The monoisotopic (exact) mass is 370 g/mol. The minimum absolute atomic E-state index is 0.00658. The van der Waals surface area contributed by atoms with Gasteiger partial charge in [-0.05, 0) is 43.9 Å². The molecule has 7 heteroatoms. The van der Waals surface area contributed by atoms with E-state index in [2.05, 4.69) is 5.32 Å². The van der Waals surface area contributed by atoms with Crippen LogP contribution >= 0.6 is 11.6 Å². The zero-order chi connectivity index (χ0) is 17.2. The van der Waals surface area contributed by atoms with E-state index in [9.17, 15) is 13.2 Å². The van der Waals surface area contributed by atoms with Crippen LogP contribution in [0.2, 0.25) is 5.02 Å². The number of sulfonamides is 1. The Morgan fingerprint density at radius 2 is 1.92 bits per heavy atom. The van der Waals surface area contributed by atoms with Crippen LogP contribution < -0.4 is 5.32 Å². The predicted octanol–water partition coefficient (Wildman–Crippen LogP) is 2.80. The van der Waals surface area contributed by atoms with Gasteiger partial charge in [-0.1, -0.05) is 30.5 Å². The average molecular weight is 371 g/mol. The van der Waals surface area contributed by atoms with Crippen LogP contribution in [0.4, 0.5) is 0 Å². The van der Waals surface area contributed by atoms with Crippen molar-refractivity contribution in [2.45, 2.75) is 49.5 Å². The van der Waals surface area contributed by atoms with Crippen LogP contribution in [0.15, 0.2) is 29.2 Å². The molecule has 1 aliphatic carbocycles. The molecule has 1 saturated heterocycles. The Balaban J connectivity index is 1.69. The van der Waals surface area contributed by atoms with Crippen molar-refractivity contribution in [2.24, 2.45) is 5.92 Å². The van der Waals surface area contributed by atoms with Crippen molar-refractivity contribution in [1.29, 1.82) is 0 Å². The third-order valence-electron chi connectivity index (χ3n) is 4.89. The van der Waals surface area contributed by atoms with Crippen LogP contribution in [0.25, 0.3) is 0 Å². The molecular formula is C17H23ClN2O3S. The number of nitrogens with one attached hydrogen (secondary N) is 1. The Bertz CT molecular complexity index is 702. The molecule has 0 unspecified atom stereocenters. The van der Waals surface area contributed by atoms with Crippen molar-refractivity contribution >= 4 is 27.5 Å². The number of carbonyl (C=O) groups excluding carboxylic acids is 1. The summed E-state index contributed by atoms with van der Waals surface area (Å²) in [6.07, 6.45) is 5.81. The van der Waals surface area contributed by atoms with Crippen molar-refractivity contribution in [3.63, 3.8) is 0 Å². The van der Waals surface area contributed by atoms with Crippen molar-refractivity contribution < 1.29 is 13.2 Å². The van der Waals surface area contributed by atoms with Crippen molar-refractivity contribution in [2.75, 3.05) is 13.1 Å². The maximum atomic E-state index is 12.8. The lowest BCUT2D eigenvalue weighted by Gasteiger charge is -2.31. The topological polar surface area (TPSA) is 66.5 Å². The number of rotatable bonds is 4. The molecule has 1 N–H and O–H groups in total. The number of piperidine rings is 1. The van der Waals surface area contributed by atoms with Gasteiger partial charge in [-0.15, -0.1) is 0 Å². The van der Waals surface area contributed by atoms with E-state index >= 15 is 0 Å². The fourth-order valence-corrected chi connectivity index (χ4v) is 5.37. The first kappa shape index (κ1) is 17.7. The summed E-state index contributed by atoms with van der Waals surface area (Å²) in [5.74, 6) is -0.277. The summed E-state index contributed by atoms with van der Waals surface area (Å²) in [6.45, 7) is 0.690. The van der Waals surface area contributed by atoms with Gasteiger partial charge in [0.15, 0.2) is 0 Å². The Kier molecular flexibility index (Phi) is 5.47. The molecule has 0 bridgehead atoms. The lowest BCUT2D eigenvalue weighted by atomic mass is 9.98. The van der Waals surface area contributed by atoms with Gasteiger partial charge in [-0.25, -0.2) is 8.42 Å². The molecule has 132 valence electrons. The smallest absolute Gasteiger partial charge is 0.243 e. The van der Waals surface area contributed by atoms with Crippen LogP contribution in [0.1, 0.15) is 38.5 Å². The third-order valence-corrected chi connectivity index (χ3v) is 6.99. The number of amides is 1. The lowest BCUT2D eigenvalue weighted by Crippen LogP contribution is -2.47. The number of hydrogen-bond acceptors (Lipinski definition) is 3. The second-order valence-corrected chi connectivity index (χ2v) is 9.02. The van der Waals surface area contributed by atoms with Crippen LogP contribution in [0.3, 0.4) is 0 Å². The Morgan fingerprint density at radius 1 is 1.17 bits per heavy atom. The maximum Gasteiger partial charge on any atom is 0.243 e. The van der Waals surface area contributed by atoms with Gasteiger partial charge >= 0.3 is 0 Å². The highest BCUT2D eigenvalue weighted by Gasteiger charge is 2.34.